The summed E-state index contributed by atoms with van der Waals surface area (Å²) in [5, 5.41) is 27.2. The summed E-state index contributed by atoms with van der Waals surface area (Å²) in [5.74, 6) is 0.651. The highest BCUT2D eigenvalue weighted by atomic mass is 32.1. The number of aryl methyl sites for hydroxylation is 1. The Labute approximate surface area is 208 Å². The number of rotatable bonds is 7. The molecule has 0 aliphatic carbocycles. The van der Waals surface area contributed by atoms with Crippen LogP contribution >= 0.6 is 23.1 Å². The van der Waals surface area contributed by atoms with E-state index < -0.39 is 0 Å². The highest BCUT2D eigenvalue weighted by Crippen LogP contribution is 2.41. The monoisotopic (exact) mass is 501 g/mol. The van der Waals surface area contributed by atoms with Gasteiger partial charge >= 0.3 is 0 Å². The van der Waals surface area contributed by atoms with Crippen molar-refractivity contribution in [3.05, 3.63) is 45.6 Å². The molecule has 0 saturated carbocycles. The van der Waals surface area contributed by atoms with E-state index in [-0.39, 0.29) is 41.3 Å². The van der Waals surface area contributed by atoms with Crippen molar-refractivity contribution in [2.24, 2.45) is 5.41 Å². The Hall–Kier alpha value is -2.69. The molecule has 0 bridgehead atoms. The van der Waals surface area contributed by atoms with Crippen molar-refractivity contribution in [3.8, 4) is 5.75 Å². The molecule has 1 aliphatic heterocycles. The van der Waals surface area contributed by atoms with Gasteiger partial charge in [0.05, 0.1) is 41.7 Å². The van der Waals surface area contributed by atoms with E-state index in [0.717, 1.165) is 24.6 Å². The average molecular weight is 502 g/mol. The number of hydrogen-bond acceptors (Lipinski definition) is 9. The number of hydrogen-bond donors (Lipinski definition) is 4. The third-order valence-electron chi connectivity index (χ3n) is 6.05. The number of aliphatic hydroxyl groups is 1. The molecule has 1 fully saturated rings. The molecule has 1 aromatic carbocycles. The average Bonchev–Trinajstić information content (AvgIpc) is 3.53. The molecule has 2 atom stereocenters. The first-order valence-electron chi connectivity index (χ1n) is 11.3. The maximum absolute atomic E-state index is 13.1. The molecule has 1 aliphatic rings. The molecule has 1 unspecified atom stereocenters. The van der Waals surface area contributed by atoms with Crippen LogP contribution in [0.15, 0.2) is 30.3 Å². The molecule has 8 nitrogen and oxygen atoms in total. The lowest BCUT2D eigenvalue weighted by Crippen LogP contribution is -2.37. The van der Waals surface area contributed by atoms with Crippen LogP contribution in [-0.2, 0) is 0 Å². The summed E-state index contributed by atoms with van der Waals surface area (Å²) in [6.45, 7) is 9.10. The van der Waals surface area contributed by atoms with Crippen LogP contribution in [0.4, 0.5) is 17.3 Å². The fraction of sp³-hybridized carbons (Fsp3) is 0.458. The quantitative estimate of drug-likeness (QED) is 0.331. The van der Waals surface area contributed by atoms with Crippen molar-refractivity contribution in [2.75, 3.05) is 23.8 Å². The van der Waals surface area contributed by atoms with Crippen LogP contribution in [0.25, 0.3) is 0 Å². The van der Waals surface area contributed by atoms with E-state index >= 15 is 0 Å². The molecule has 1 saturated heterocycles. The number of benzene rings is 1. The first-order valence-corrected chi connectivity index (χ1v) is 12.9. The van der Waals surface area contributed by atoms with E-state index in [9.17, 15) is 15.0 Å². The Balaban J connectivity index is 1.58. The van der Waals surface area contributed by atoms with Crippen molar-refractivity contribution >= 4 is 46.3 Å². The van der Waals surface area contributed by atoms with Crippen LogP contribution in [0.2, 0.25) is 0 Å². The lowest BCUT2D eigenvalue weighted by Gasteiger charge is -2.31. The predicted octanol–water partition coefficient (Wildman–Crippen LogP) is 5.15. The predicted molar refractivity (Wildman–Crippen MR) is 137 cm³/mol. The molecule has 0 spiro atoms. The van der Waals surface area contributed by atoms with E-state index in [4.69, 9.17) is 0 Å². The minimum Gasteiger partial charge on any atom is -0.505 e. The summed E-state index contributed by atoms with van der Waals surface area (Å²) in [5.41, 5.74) is 0.497. The number of nitrogens with one attached hydrogen (secondary N) is 2. The molecule has 1 amide bonds. The van der Waals surface area contributed by atoms with E-state index in [1.807, 2.05) is 0 Å². The minimum atomic E-state index is -0.284. The zero-order valence-corrected chi connectivity index (χ0v) is 21.5. The Morgan fingerprint density at radius 3 is 2.68 bits per heavy atom. The van der Waals surface area contributed by atoms with Gasteiger partial charge in [-0.2, -0.15) is 8.75 Å². The Kier molecular flexibility index (Phi) is 7.11. The molecule has 10 heteroatoms. The molecule has 4 N–H and O–H groups in total. The van der Waals surface area contributed by atoms with E-state index in [1.165, 1.54) is 9.75 Å². The molecular weight excluding hydrogens is 470 g/mol. The van der Waals surface area contributed by atoms with Gasteiger partial charge in [0.2, 0.25) is 0 Å². The second-order valence-electron chi connectivity index (χ2n) is 9.66. The second-order valence-corrected chi connectivity index (χ2v) is 11.5. The Morgan fingerprint density at radius 2 is 2.00 bits per heavy atom. The normalized spacial score (nSPS) is 17.1. The number of aliphatic hydroxyl groups excluding tert-OH is 1. The SMILES string of the molecule is Cc1ccc(C(Nc2nsnc2Nc2cccc(C(=O)N3CCC[C@H]3CO)c2O)C(C)(C)C)s1. The molecule has 34 heavy (non-hydrogen) atoms. The zero-order chi connectivity index (χ0) is 24.5. The number of aromatic hydroxyl groups is 1. The first-order chi connectivity index (χ1) is 16.2. The Morgan fingerprint density at radius 1 is 1.24 bits per heavy atom. The highest BCUT2D eigenvalue weighted by molar-refractivity contribution is 7.12. The summed E-state index contributed by atoms with van der Waals surface area (Å²) >= 11 is 2.82. The first kappa shape index (κ1) is 24.4. The van der Waals surface area contributed by atoms with Gasteiger partial charge < -0.3 is 25.7 Å². The van der Waals surface area contributed by atoms with Gasteiger partial charge in [-0.25, -0.2) is 0 Å². The molecular formula is C24H31N5O3S2. The standard InChI is InChI=1S/C24H31N5O3S2/c1-14-10-11-18(33-14)20(24(2,3)4)26-22-21(27-34-28-22)25-17-9-5-8-16(19(17)31)23(32)29-12-6-7-15(29)13-30/h5,8-11,15,20,30-31H,6-7,12-13H2,1-4H3,(H,25,27)(H,26,28)/t15-,20?/m0/s1. The highest BCUT2D eigenvalue weighted by Gasteiger charge is 2.31. The number of nitrogens with zero attached hydrogens (tertiary/aromatic N) is 3. The third kappa shape index (κ3) is 5.03. The summed E-state index contributed by atoms with van der Waals surface area (Å²) in [6.07, 6.45) is 1.60. The molecule has 2 aromatic heterocycles. The van der Waals surface area contributed by atoms with Crippen LogP contribution in [0.5, 0.6) is 5.75 Å². The molecule has 3 heterocycles. The zero-order valence-electron chi connectivity index (χ0n) is 19.8. The minimum absolute atomic E-state index is 0.0164. The topological polar surface area (TPSA) is 111 Å². The van der Waals surface area contributed by atoms with Gasteiger partial charge in [0.15, 0.2) is 17.4 Å². The maximum Gasteiger partial charge on any atom is 0.258 e. The van der Waals surface area contributed by atoms with Crippen LogP contribution in [0, 0.1) is 12.3 Å². The molecule has 3 aromatic rings. The summed E-state index contributed by atoms with van der Waals surface area (Å²) in [4.78, 5) is 17.2. The van der Waals surface area contributed by atoms with Crippen molar-refractivity contribution in [1.29, 1.82) is 0 Å². The third-order valence-corrected chi connectivity index (χ3v) is 7.64. The van der Waals surface area contributed by atoms with Crippen LogP contribution in [-0.4, -0.2) is 49.0 Å². The summed E-state index contributed by atoms with van der Waals surface area (Å²) in [7, 11) is 0. The number of phenolic OH excluding ortho intramolecular Hbond substituents is 1. The lowest BCUT2D eigenvalue weighted by molar-refractivity contribution is 0.0674. The number of aromatic nitrogens is 2. The smallest absolute Gasteiger partial charge is 0.258 e. The largest absolute Gasteiger partial charge is 0.505 e. The number of para-hydroxylation sites is 1. The van der Waals surface area contributed by atoms with Gasteiger partial charge in [0.25, 0.3) is 5.91 Å². The number of amides is 1. The van der Waals surface area contributed by atoms with Crippen molar-refractivity contribution in [1.82, 2.24) is 13.6 Å². The Bertz CT molecular complexity index is 1150. The van der Waals surface area contributed by atoms with E-state index in [0.29, 0.717) is 23.9 Å². The van der Waals surface area contributed by atoms with E-state index in [1.54, 1.807) is 34.4 Å². The van der Waals surface area contributed by atoms with Gasteiger partial charge in [0.1, 0.15) is 0 Å². The van der Waals surface area contributed by atoms with Crippen molar-refractivity contribution in [2.45, 2.75) is 52.6 Å². The molecule has 4 rings (SSSR count). The van der Waals surface area contributed by atoms with E-state index in [2.05, 4.69) is 59.2 Å². The number of anilines is 3. The lowest BCUT2D eigenvalue weighted by atomic mass is 9.86. The molecule has 182 valence electrons. The van der Waals surface area contributed by atoms with Crippen LogP contribution < -0.4 is 10.6 Å². The van der Waals surface area contributed by atoms with Crippen molar-refractivity contribution in [3.63, 3.8) is 0 Å². The number of likely N-dealkylation sites (tertiary alicyclic amines) is 1. The second kappa shape index (κ2) is 9.89. The van der Waals surface area contributed by atoms with Gasteiger partial charge in [-0.1, -0.05) is 26.8 Å². The summed E-state index contributed by atoms with van der Waals surface area (Å²) < 4.78 is 8.83. The number of carbonyl (C=O) groups excluding carboxylic acids is 1. The van der Waals surface area contributed by atoms with Crippen LogP contribution in [0.3, 0.4) is 0 Å². The fourth-order valence-electron chi connectivity index (χ4n) is 4.22. The number of thiophene rings is 1. The van der Waals surface area contributed by atoms with Gasteiger partial charge in [-0.05, 0) is 49.4 Å². The summed E-state index contributed by atoms with van der Waals surface area (Å²) in [6, 6.07) is 9.07. The van der Waals surface area contributed by atoms with Gasteiger partial charge in [-0.15, -0.1) is 11.3 Å². The van der Waals surface area contributed by atoms with Crippen LogP contribution in [0.1, 0.15) is 59.8 Å². The van der Waals surface area contributed by atoms with Gasteiger partial charge in [-0.3, -0.25) is 4.79 Å². The van der Waals surface area contributed by atoms with Gasteiger partial charge in [0, 0.05) is 16.3 Å². The maximum atomic E-state index is 13.1. The number of carbonyl (C=O) groups is 1. The van der Waals surface area contributed by atoms with Crippen molar-refractivity contribution < 1.29 is 15.0 Å². The fourth-order valence-corrected chi connectivity index (χ4v) is 5.87. The number of phenols is 1. The molecule has 0 radical (unpaired) electrons.